The van der Waals surface area contributed by atoms with Crippen LogP contribution in [0.2, 0.25) is 5.02 Å². The Balaban J connectivity index is 2.33. The summed E-state index contributed by atoms with van der Waals surface area (Å²) in [5.74, 6) is 0.615. The van der Waals surface area contributed by atoms with Gasteiger partial charge in [-0.05, 0) is 17.7 Å². The van der Waals surface area contributed by atoms with Crippen LogP contribution in [-0.4, -0.2) is 7.11 Å². The van der Waals surface area contributed by atoms with Crippen molar-refractivity contribution in [2.75, 3.05) is 7.11 Å². The summed E-state index contributed by atoms with van der Waals surface area (Å²) in [5, 5.41) is 1.08. The number of hydrogen-bond acceptors (Lipinski definition) is 3. The minimum Gasteiger partial charge on any atom is -0.497 e. The number of ether oxygens (including phenoxy) is 1. The van der Waals surface area contributed by atoms with E-state index < -0.39 is 5.63 Å². The van der Waals surface area contributed by atoms with Gasteiger partial charge in [0.05, 0.1) is 17.7 Å². The van der Waals surface area contributed by atoms with Crippen molar-refractivity contribution in [3.8, 4) is 16.9 Å². The van der Waals surface area contributed by atoms with Gasteiger partial charge in [0.2, 0.25) is 0 Å². The van der Waals surface area contributed by atoms with E-state index in [2.05, 4.69) is 0 Å². The topological polar surface area (TPSA) is 39.4 Å². The van der Waals surface area contributed by atoms with Gasteiger partial charge in [-0.15, -0.1) is 0 Å². The molecular formula is C16H11ClO3. The first-order valence-corrected chi connectivity index (χ1v) is 6.44. The van der Waals surface area contributed by atoms with Crippen LogP contribution in [-0.2, 0) is 0 Å². The molecule has 3 nitrogen and oxygen atoms in total. The summed E-state index contributed by atoms with van der Waals surface area (Å²) >= 11 is 6.38. The van der Waals surface area contributed by atoms with Gasteiger partial charge in [0.25, 0.3) is 0 Å². The van der Waals surface area contributed by atoms with Crippen LogP contribution in [0.25, 0.3) is 22.1 Å². The molecule has 1 heterocycles. The highest BCUT2D eigenvalue weighted by Gasteiger charge is 2.15. The quantitative estimate of drug-likeness (QED) is 0.665. The summed E-state index contributed by atoms with van der Waals surface area (Å²) in [6.45, 7) is 0. The van der Waals surface area contributed by atoms with Crippen molar-refractivity contribution in [1.82, 2.24) is 0 Å². The molecule has 0 fully saturated rings. The van der Waals surface area contributed by atoms with Crippen LogP contribution in [0.3, 0.4) is 0 Å². The van der Waals surface area contributed by atoms with Crippen molar-refractivity contribution >= 4 is 22.6 Å². The van der Waals surface area contributed by atoms with Crippen molar-refractivity contribution < 1.29 is 9.15 Å². The highest BCUT2D eigenvalue weighted by molar-refractivity contribution is 6.37. The molecule has 0 atom stereocenters. The summed E-state index contributed by atoms with van der Waals surface area (Å²) in [6.07, 6.45) is 0. The van der Waals surface area contributed by atoms with Crippen LogP contribution in [0.5, 0.6) is 5.75 Å². The van der Waals surface area contributed by atoms with Crippen LogP contribution in [0.4, 0.5) is 0 Å². The van der Waals surface area contributed by atoms with Gasteiger partial charge in [-0.25, -0.2) is 4.79 Å². The Morgan fingerprint density at radius 2 is 1.85 bits per heavy atom. The van der Waals surface area contributed by atoms with E-state index in [-0.39, 0.29) is 0 Å². The van der Waals surface area contributed by atoms with E-state index in [0.717, 1.165) is 5.56 Å². The zero-order valence-corrected chi connectivity index (χ0v) is 11.5. The third-order valence-electron chi connectivity index (χ3n) is 3.11. The van der Waals surface area contributed by atoms with E-state index in [4.69, 9.17) is 20.8 Å². The maximum Gasteiger partial charge on any atom is 0.345 e. The highest BCUT2D eigenvalue weighted by atomic mass is 35.5. The van der Waals surface area contributed by atoms with E-state index in [1.807, 2.05) is 30.3 Å². The SMILES string of the molecule is COc1ccc2c(Cl)c(-c3ccccc3)c(=O)oc2c1. The Morgan fingerprint density at radius 3 is 2.55 bits per heavy atom. The number of hydrogen-bond donors (Lipinski definition) is 0. The Morgan fingerprint density at radius 1 is 1.10 bits per heavy atom. The smallest absolute Gasteiger partial charge is 0.345 e. The first-order chi connectivity index (χ1) is 9.70. The average Bonchev–Trinajstić information content (AvgIpc) is 2.47. The van der Waals surface area contributed by atoms with Gasteiger partial charge >= 0.3 is 5.63 Å². The molecule has 2 aromatic carbocycles. The summed E-state index contributed by atoms with van der Waals surface area (Å²) in [5.41, 5.74) is 1.08. The Labute approximate surface area is 120 Å². The molecule has 0 unspecified atom stereocenters. The van der Waals surface area contributed by atoms with E-state index in [1.165, 1.54) is 0 Å². The Hall–Kier alpha value is -2.26. The Bertz CT molecular complexity index is 822. The lowest BCUT2D eigenvalue weighted by atomic mass is 10.1. The van der Waals surface area contributed by atoms with Gasteiger partial charge in [-0.3, -0.25) is 0 Å². The molecule has 0 aliphatic rings. The second kappa shape index (κ2) is 5.02. The fourth-order valence-electron chi connectivity index (χ4n) is 2.12. The minimum absolute atomic E-state index is 0.380. The zero-order valence-electron chi connectivity index (χ0n) is 10.7. The molecule has 0 N–H and O–H groups in total. The third-order valence-corrected chi connectivity index (χ3v) is 3.51. The molecule has 0 aliphatic heterocycles. The van der Waals surface area contributed by atoms with Crippen LogP contribution < -0.4 is 10.4 Å². The molecule has 0 amide bonds. The second-order valence-electron chi connectivity index (χ2n) is 4.31. The molecule has 1 aromatic heterocycles. The predicted molar refractivity (Wildman–Crippen MR) is 79.5 cm³/mol. The van der Waals surface area contributed by atoms with Gasteiger partial charge in [-0.1, -0.05) is 41.9 Å². The number of benzene rings is 2. The fraction of sp³-hybridized carbons (Fsp3) is 0.0625. The third kappa shape index (κ3) is 2.06. The van der Waals surface area contributed by atoms with Gasteiger partial charge in [0, 0.05) is 11.5 Å². The zero-order chi connectivity index (χ0) is 14.1. The van der Waals surface area contributed by atoms with Gasteiger partial charge in [-0.2, -0.15) is 0 Å². The van der Waals surface area contributed by atoms with Crippen molar-refractivity contribution in [2.45, 2.75) is 0 Å². The molecule has 4 heteroatoms. The maximum atomic E-state index is 12.2. The van der Waals surface area contributed by atoms with Crippen LogP contribution >= 0.6 is 11.6 Å². The number of halogens is 1. The standard InChI is InChI=1S/C16H11ClO3/c1-19-11-7-8-12-13(9-11)20-16(18)14(15(12)17)10-5-3-2-4-6-10/h2-9H,1H3. The average molecular weight is 287 g/mol. The van der Waals surface area contributed by atoms with Crippen LogP contribution in [0.15, 0.2) is 57.7 Å². The molecule has 3 rings (SSSR count). The van der Waals surface area contributed by atoms with E-state index >= 15 is 0 Å². The normalized spacial score (nSPS) is 10.7. The number of fused-ring (bicyclic) bond motifs is 1. The van der Waals surface area contributed by atoms with Crippen molar-refractivity contribution in [3.63, 3.8) is 0 Å². The van der Waals surface area contributed by atoms with Gasteiger partial charge < -0.3 is 9.15 Å². The summed E-state index contributed by atoms with van der Waals surface area (Å²) in [6, 6.07) is 14.4. The molecule has 0 saturated heterocycles. The lowest BCUT2D eigenvalue weighted by Gasteiger charge is -2.07. The minimum atomic E-state index is -0.457. The maximum absolute atomic E-state index is 12.2. The molecule has 3 aromatic rings. The van der Waals surface area contributed by atoms with E-state index in [0.29, 0.717) is 27.3 Å². The Kier molecular flexibility index (Phi) is 3.20. The lowest BCUT2D eigenvalue weighted by molar-refractivity contribution is 0.414. The molecule has 0 bridgehead atoms. The fourth-order valence-corrected chi connectivity index (χ4v) is 2.46. The molecule has 0 radical (unpaired) electrons. The molecule has 0 aliphatic carbocycles. The molecular weight excluding hydrogens is 276 g/mol. The van der Waals surface area contributed by atoms with Gasteiger partial charge in [0.1, 0.15) is 11.3 Å². The monoisotopic (exact) mass is 286 g/mol. The van der Waals surface area contributed by atoms with Crippen LogP contribution in [0.1, 0.15) is 0 Å². The first-order valence-electron chi connectivity index (χ1n) is 6.06. The number of rotatable bonds is 2. The highest BCUT2D eigenvalue weighted by Crippen LogP contribution is 2.32. The van der Waals surface area contributed by atoms with E-state index in [1.54, 1.807) is 25.3 Å². The summed E-state index contributed by atoms with van der Waals surface area (Å²) < 4.78 is 10.5. The van der Waals surface area contributed by atoms with Gasteiger partial charge in [0.15, 0.2) is 0 Å². The first kappa shape index (κ1) is 12.8. The molecule has 100 valence electrons. The van der Waals surface area contributed by atoms with Crippen molar-refractivity contribution in [1.29, 1.82) is 0 Å². The number of methoxy groups -OCH3 is 1. The van der Waals surface area contributed by atoms with Crippen molar-refractivity contribution in [3.05, 3.63) is 64.0 Å². The largest absolute Gasteiger partial charge is 0.497 e. The summed E-state index contributed by atoms with van der Waals surface area (Å²) in [7, 11) is 1.55. The molecule has 0 saturated carbocycles. The second-order valence-corrected chi connectivity index (χ2v) is 4.68. The van der Waals surface area contributed by atoms with Crippen LogP contribution in [0, 0.1) is 0 Å². The summed E-state index contributed by atoms with van der Waals surface area (Å²) in [4.78, 5) is 12.2. The van der Waals surface area contributed by atoms with E-state index in [9.17, 15) is 4.79 Å². The molecule has 20 heavy (non-hydrogen) atoms. The molecule has 0 spiro atoms. The predicted octanol–water partition coefficient (Wildman–Crippen LogP) is 4.12. The lowest BCUT2D eigenvalue weighted by Crippen LogP contribution is -2.04. The van der Waals surface area contributed by atoms with Crippen molar-refractivity contribution in [2.24, 2.45) is 0 Å².